The molecule has 0 saturated carbocycles. The number of rotatable bonds is 4. The maximum atomic E-state index is 7.83. The van der Waals surface area contributed by atoms with Crippen LogP contribution in [0.3, 0.4) is 0 Å². The first-order valence-corrected chi connectivity index (χ1v) is 26.9. The first-order valence-electron chi connectivity index (χ1n) is 26.9. The molecule has 0 spiro atoms. The van der Waals surface area contributed by atoms with Crippen LogP contribution < -0.4 is 20.8 Å². The first kappa shape index (κ1) is 46.8. The van der Waals surface area contributed by atoms with Gasteiger partial charge >= 0.3 is 6.85 Å². The summed E-state index contributed by atoms with van der Waals surface area (Å²) >= 11 is 0. The zero-order valence-corrected chi connectivity index (χ0v) is 45.5. The zero-order valence-electron chi connectivity index (χ0n) is 45.5. The number of anilines is 5. The van der Waals surface area contributed by atoms with Gasteiger partial charge in [-0.1, -0.05) is 188 Å². The van der Waals surface area contributed by atoms with Crippen molar-refractivity contribution >= 4 is 57.4 Å². The molecule has 3 heterocycles. The molecule has 0 bridgehead atoms. The second-order valence-electron chi connectivity index (χ2n) is 26.7. The van der Waals surface area contributed by atoms with Crippen LogP contribution in [0.5, 0.6) is 0 Å². The molecular weight excluding hydrogens is 872 g/mol. The number of nitrogens with zero attached hydrogens (tertiary/aromatic N) is 2. The lowest BCUT2D eigenvalue weighted by Gasteiger charge is -2.46. The Labute approximate surface area is 430 Å². The van der Waals surface area contributed by atoms with Crippen molar-refractivity contribution in [2.75, 3.05) is 9.71 Å². The molecule has 0 atom stereocenters. The van der Waals surface area contributed by atoms with Crippen LogP contribution in [0, 0.1) is 0 Å². The summed E-state index contributed by atoms with van der Waals surface area (Å²) in [7, 11) is 0. The van der Waals surface area contributed by atoms with Crippen molar-refractivity contribution in [1.29, 1.82) is 0 Å². The second-order valence-corrected chi connectivity index (χ2v) is 26.7. The molecule has 364 valence electrons. The van der Waals surface area contributed by atoms with Crippen molar-refractivity contribution in [2.24, 2.45) is 0 Å². The maximum Gasteiger partial charge on any atom is 0.375 e. The summed E-state index contributed by atoms with van der Waals surface area (Å²) in [5, 5.41) is 1.18. The van der Waals surface area contributed by atoms with Gasteiger partial charge in [0.05, 0.1) is 11.4 Å². The van der Waals surface area contributed by atoms with Gasteiger partial charge in [-0.25, -0.2) is 0 Å². The zero-order chi connectivity index (χ0) is 50.7. The standard InChI is InChI=1S/C68H73BN2O/c1-63(2,3)45-26-30-56(49(36-45)43-23-19-16-20-24-43)70-58-38-46(64(4,5)6)37-50-48-28-25-44(42-21-17-15-18-22-42)35-57(48)71(47-27-29-52-53(39-47)66(9,10)32-31-65(52,7)8)69(60(50)58)62-61(70)51-40-54-55(41-59(51)72-62)68(13,14)34-33-67(54,11)12/h15-30,35-41H,31-34H2,1-14H3. The van der Waals surface area contributed by atoms with Gasteiger partial charge in [0, 0.05) is 33.6 Å². The Kier molecular flexibility index (Phi) is 10.2. The van der Waals surface area contributed by atoms with E-state index in [1.54, 1.807) is 0 Å². The molecule has 8 aromatic rings. The summed E-state index contributed by atoms with van der Waals surface area (Å²) in [6, 6.07) is 54.1. The van der Waals surface area contributed by atoms with E-state index in [1.807, 2.05) is 0 Å². The van der Waals surface area contributed by atoms with Crippen LogP contribution >= 0.6 is 0 Å². The fourth-order valence-corrected chi connectivity index (χ4v) is 13.1. The van der Waals surface area contributed by atoms with E-state index in [4.69, 9.17) is 4.42 Å². The van der Waals surface area contributed by atoms with Crippen molar-refractivity contribution in [3.05, 3.63) is 173 Å². The quantitative estimate of drug-likeness (QED) is 0.164. The van der Waals surface area contributed by atoms with Gasteiger partial charge in [0.2, 0.25) is 0 Å². The number of hydrogen-bond acceptors (Lipinski definition) is 3. The second kappa shape index (κ2) is 15.6. The van der Waals surface area contributed by atoms with E-state index in [2.05, 4.69) is 246 Å². The lowest BCUT2D eigenvalue weighted by atomic mass is 9.45. The first-order chi connectivity index (χ1) is 33.9. The van der Waals surface area contributed by atoms with Crippen molar-refractivity contribution in [3.63, 3.8) is 0 Å². The van der Waals surface area contributed by atoms with Crippen molar-refractivity contribution in [3.8, 4) is 33.4 Å². The molecule has 0 radical (unpaired) electrons. The minimum absolute atomic E-state index is 0.00406. The third kappa shape index (κ3) is 7.20. The highest BCUT2D eigenvalue weighted by Gasteiger charge is 2.51. The predicted octanol–water partition coefficient (Wildman–Crippen LogP) is 17.8. The molecule has 72 heavy (non-hydrogen) atoms. The molecule has 0 saturated heterocycles. The molecular formula is C68H73BN2O. The Balaban J connectivity index is 1.25. The van der Waals surface area contributed by atoms with Gasteiger partial charge in [0.25, 0.3) is 0 Å². The molecule has 0 unspecified atom stereocenters. The molecule has 3 nitrogen and oxygen atoms in total. The minimum atomic E-state index is -0.272. The van der Waals surface area contributed by atoms with E-state index in [-0.39, 0.29) is 39.3 Å². The van der Waals surface area contributed by atoms with E-state index >= 15 is 0 Å². The SMILES string of the molecule is CC(C)(C)c1ccc(N2c3cc(C(C)(C)C)cc4c3B(c3oc5cc6c(cc5c32)C(C)(C)CCC6(C)C)N(c2ccc3c(c2)C(C)(C)CCC3(C)C)c2cc(-c3ccccc3)ccc2-4)c(-c2ccccc2)c1. The van der Waals surface area contributed by atoms with E-state index < -0.39 is 0 Å². The van der Waals surface area contributed by atoms with Crippen molar-refractivity contribution in [2.45, 2.75) is 155 Å². The van der Waals surface area contributed by atoms with Crippen LogP contribution in [0.1, 0.15) is 156 Å². The van der Waals surface area contributed by atoms with Crippen LogP contribution in [0.4, 0.5) is 28.4 Å². The largest absolute Gasteiger partial charge is 0.466 e. The van der Waals surface area contributed by atoms with Gasteiger partial charge in [-0.2, -0.15) is 0 Å². The highest BCUT2D eigenvalue weighted by atomic mass is 16.3. The molecule has 2 aliphatic heterocycles. The predicted molar refractivity (Wildman–Crippen MR) is 309 cm³/mol. The van der Waals surface area contributed by atoms with Crippen molar-refractivity contribution in [1.82, 2.24) is 0 Å². The Hall–Kier alpha value is -6.26. The number of furan rings is 1. The van der Waals surface area contributed by atoms with Crippen LogP contribution in [-0.4, -0.2) is 6.85 Å². The highest BCUT2D eigenvalue weighted by Crippen LogP contribution is 2.56. The molecule has 4 aliphatic rings. The number of fused-ring (bicyclic) bond motifs is 8. The van der Waals surface area contributed by atoms with Gasteiger partial charge in [-0.3, -0.25) is 0 Å². The van der Waals surface area contributed by atoms with Gasteiger partial charge in [0.1, 0.15) is 11.2 Å². The number of hydrogen-bond donors (Lipinski definition) is 0. The third-order valence-corrected chi connectivity index (χ3v) is 17.9. The van der Waals surface area contributed by atoms with Gasteiger partial charge in [-0.05, 0) is 168 Å². The van der Waals surface area contributed by atoms with Crippen LogP contribution in [-0.2, 0) is 32.5 Å². The van der Waals surface area contributed by atoms with E-state index in [9.17, 15) is 0 Å². The average molecular weight is 945 g/mol. The Bertz CT molecular complexity index is 3500. The van der Waals surface area contributed by atoms with Gasteiger partial charge in [0.15, 0.2) is 0 Å². The van der Waals surface area contributed by atoms with Crippen LogP contribution in [0.15, 0.2) is 144 Å². The normalized spacial score (nSPS) is 18.0. The van der Waals surface area contributed by atoms with Crippen LogP contribution in [0.25, 0.3) is 44.3 Å². The average Bonchev–Trinajstić information content (AvgIpc) is 3.72. The van der Waals surface area contributed by atoms with Crippen molar-refractivity contribution < 1.29 is 4.42 Å². The fourth-order valence-electron chi connectivity index (χ4n) is 13.1. The summed E-state index contributed by atoms with van der Waals surface area (Å²) in [4.78, 5) is 5.34. The molecule has 0 N–H and O–H groups in total. The summed E-state index contributed by atoms with van der Waals surface area (Å²) in [5.41, 5.74) is 24.9. The number of benzene rings is 7. The Morgan fingerprint density at radius 3 is 1.64 bits per heavy atom. The molecule has 0 fully saturated rings. The smallest absolute Gasteiger partial charge is 0.375 e. The van der Waals surface area contributed by atoms with E-state index in [0.717, 1.165) is 41.9 Å². The summed E-state index contributed by atoms with van der Waals surface area (Å²) in [6.45, 7) is 33.4. The lowest BCUT2D eigenvalue weighted by molar-refractivity contribution is 0.332. The summed E-state index contributed by atoms with van der Waals surface area (Å²) in [6.07, 6.45) is 4.60. The summed E-state index contributed by atoms with van der Waals surface area (Å²) in [5.74, 6) is 0. The fraction of sp³-hybridized carbons (Fsp3) is 0.353. The summed E-state index contributed by atoms with van der Waals surface area (Å²) < 4.78 is 7.83. The highest BCUT2D eigenvalue weighted by molar-refractivity contribution is 6.93. The lowest BCUT2D eigenvalue weighted by Crippen LogP contribution is -2.61. The Morgan fingerprint density at radius 1 is 0.444 bits per heavy atom. The topological polar surface area (TPSA) is 19.6 Å². The molecule has 1 aromatic heterocycles. The van der Waals surface area contributed by atoms with E-state index in [1.165, 1.54) is 101 Å². The molecule has 2 aliphatic carbocycles. The maximum absolute atomic E-state index is 7.83. The Morgan fingerprint density at radius 2 is 1.01 bits per heavy atom. The minimum Gasteiger partial charge on any atom is -0.466 e. The molecule has 12 rings (SSSR count). The van der Waals surface area contributed by atoms with Gasteiger partial charge < -0.3 is 14.1 Å². The van der Waals surface area contributed by atoms with Gasteiger partial charge in [-0.15, -0.1) is 0 Å². The monoisotopic (exact) mass is 945 g/mol. The molecule has 0 amide bonds. The molecule has 7 aromatic carbocycles. The van der Waals surface area contributed by atoms with Crippen LogP contribution in [0.2, 0.25) is 0 Å². The third-order valence-electron chi connectivity index (χ3n) is 17.9. The van der Waals surface area contributed by atoms with E-state index in [0.29, 0.717) is 0 Å². The molecule has 4 heteroatoms.